The molecule has 0 saturated carbocycles. The van der Waals surface area contributed by atoms with Gasteiger partial charge in [-0.1, -0.05) is 5.21 Å². The zero-order valence-corrected chi connectivity index (χ0v) is 19.4. The molecule has 1 unspecified atom stereocenters. The van der Waals surface area contributed by atoms with Gasteiger partial charge in [-0.2, -0.15) is 0 Å². The molecule has 2 aliphatic rings. The Bertz CT molecular complexity index is 1190. The lowest BCUT2D eigenvalue weighted by Gasteiger charge is -2.36. The molecular weight excluding hydrogens is 436 g/mol. The quantitative estimate of drug-likeness (QED) is 0.538. The molecule has 4 heterocycles. The second-order valence-electron chi connectivity index (χ2n) is 8.42. The first kappa shape index (κ1) is 22.1. The van der Waals surface area contributed by atoms with Crippen molar-refractivity contribution in [3.8, 4) is 5.75 Å². The molecule has 0 radical (unpaired) electrons. The normalized spacial score (nSPS) is 18.7. The largest absolute Gasteiger partial charge is 0.494 e. The second-order valence-corrected chi connectivity index (χ2v) is 8.42. The Kier molecular flexibility index (Phi) is 5.99. The first-order valence-electron chi connectivity index (χ1n) is 11.7. The van der Waals surface area contributed by atoms with Crippen LogP contribution >= 0.6 is 0 Å². The summed E-state index contributed by atoms with van der Waals surface area (Å²) in [5, 5.41) is 8.41. The Balaban J connectivity index is 1.22. The molecule has 11 nitrogen and oxygen atoms in total. The van der Waals surface area contributed by atoms with E-state index in [1.807, 2.05) is 43.0 Å². The summed E-state index contributed by atoms with van der Waals surface area (Å²) in [5.74, 6) is 1.19. The van der Waals surface area contributed by atoms with Crippen molar-refractivity contribution >= 4 is 34.5 Å². The van der Waals surface area contributed by atoms with Crippen molar-refractivity contribution in [3.63, 3.8) is 0 Å². The van der Waals surface area contributed by atoms with Crippen LogP contribution in [-0.2, 0) is 16.1 Å². The summed E-state index contributed by atoms with van der Waals surface area (Å²) in [6.45, 7) is 8.01. The number of fused-ring (bicyclic) bond motifs is 1. The third-order valence-electron chi connectivity index (χ3n) is 6.40. The van der Waals surface area contributed by atoms with E-state index >= 15 is 0 Å². The van der Waals surface area contributed by atoms with E-state index in [1.54, 1.807) is 9.58 Å². The molecule has 0 aliphatic carbocycles. The van der Waals surface area contributed by atoms with Crippen LogP contribution < -0.4 is 14.5 Å². The summed E-state index contributed by atoms with van der Waals surface area (Å²) in [4.78, 5) is 40.3. The third-order valence-corrected chi connectivity index (χ3v) is 6.40. The van der Waals surface area contributed by atoms with Crippen LogP contribution in [0.3, 0.4) is 0 Å². The number of carbonyl (C=O) groups is 2. The van der Waals surface area contributed by atoms with Crippen LogP contribution in [-0.4, -0.2) is 81.0 Å². The standard InChI is InChI=1S/C23H28N8O3/c1-3-31-22-20(26-27-31)21(24-15-25-22)28-9-11-29(12-10-28)23(33)16-13-19(32)30(14-16)17-5-7-18(8-6-17)34-4-2/h5-8,15-16H,3-4,9-14H2,1-2H3. The minimum atomic E-state index is -0.333. The van der Waals surface area contributed by atoms with E-state index in [0.717, 1.165) is 17.3 Å². The average Bonchev–Trinajstić information content (AvgIpc) is 3.48. The van der Waals surface area contributed by atoms with Crippen molar-refractivity contribution in [2.75, 3.05) is 49.1 Å². The van der Waals surface area contributed by atoms with Gasteiger partial charge in [-0.25, -0.2) is 14.6 Å². The van der Waals surface area contributed by atoms with Gasteiger partial charge in [-0.15, -0.1) is 5.10 Å². The number of rotatable bonds is 6. The number of aryl methyl sites for hydroxylation is 1. The Morgan fingerprint density at radius 1 is 1.09 bits per heavy atom. The van der Waals surface area contributed by atoms with Crippen LogP contribution in [0.4, 0.5) is 11.5 Å². The van der Waals surface area contributed by atoms with Crippen LogP contribution in [0.15, 0.2) is 30.6 Å². The lowest BCUT2D eigenvalue weighted by molar-refractivity contribution is -0.136. The highest BCUT2D eigenvalue weighted by molar-refractivity contribution is 6.00. The predicted molar refractivity (Wildman–Crippen MR) is 126 cm³/mol. The highest BCUT2D eigenvalue weighted by Crippen LogP contribution is 2.29. The van der Waals surface area contributed by atoms with Gasteiger partial charge in [0.05, 0.1) is 12.5 Å². The van der Waals surface area contributed by atoms with Crippen molar-refractivity contribution in [3.05, 3.63) is 30.6 Å². The van der Waals surface area contributed by atoms with Crippen molar-refractivity contribution in [1.82, 2.24) is 29.9 Å². The molecule has 1 atom stereocenters. The van der Waals surface area contributed by atoms with Crippen molar-refractivity contribution in [2.24, 2.45) is 5.92 Å². The van der Waals surface area contributed by atoms with Gasteiger partial charge in [0.1, 0.15) is 12.1 Å². The highest BCUT2D eigenvalue weighted by Gasteiger charge is 2.38. The Hall–Kier alpha value is -3.76. The number of hydrogen-bond acceptors (Lipinski definition) is 8. The summed E-state index contributed by atoms with van der Waals surface area (Å²) in [5.41, 5.74) is 2.18. The number of aromatic nitrogens is 5. The number of piperazine rings is 1. The second kappa shape index (κ2) is 9.24. The first-order chi connectivity index (χ1) is 16.6. The van der Waals surface area contributed by atoms with Crippen molar-refractivity contribution in [2.45, 2.75) is 26.8 Å². The van der Waals surface area contributed by atoms with Gasteiger partial charge in [0, 0.05) is 51.4 Å². The van der Waals surface area contributed by atoms with Gasteiger partial charge in [0.2, 0.25) is 11.8 Å². The summed E-state index contributed by atoms with van der Waals surface area (Å²) < 4.78 is 7.22. The molecule has 11 heteroatoms. The lowest BCUT2D eigenvalue weighted by Crippen LogP contribution is -2.51. The van der Waals surface area contributed by atoms with Crippen LogP contribution in [0.2, 0.25) is 0 Å². The summed E-state index contributed by atoms with van der Waals surface area (Å²) in [7, 11) is 0. The van der Waals surface area contributed by atoms with E-state index < -0.39 is 0 Å². The van der Waals surface area contributed by atoms with Gasteiger partial charge in [0.15, 0.2) is 17.0 Å². The molecule has 2 aliphatic heterocycles. The van der Waals surface area contributed by atoms with E-state index in [4.69, 9.17) is 4.74 Å². The number of benzene rings is 1. The van der Waals surface area contributed by atoms with Gasteiger partial charge < -0.3 is 19.4 Å². The molecule has 1 aromatic carbocycles. The van der Waals surface area contributed by atoms with Crippen LogP contribution in [0, 0.1) is 5.92 Å². The first-order valence-corrected chi connectivity index (χ1v) is 11.7. The van der Waals surface area contributed by atoms with E-state index in [2.05, 4.69) is 25.2 Å². The SMILES string of the molecule is CCOc1ccc(N2CC(C(=O)N3CCN(c4ncnc5c4nnn5CC)CC3)CC2=O)cc1. The lowest BCUT2D eigenvalue weighted by atomic mass is 10.1. The fourth-order valence-electron chi connectivity index (χ4n) is 4.63. The zero-order valence-electron chi connectivity index (χ0n) is 19.4. The monoisotopic (exact) mass is 464 g/mol. The Morgan fingerprint density at radius 2 is 1.85 bits per heavy atom. The van der Waals surface area contributed by atoms with Crippen LogP contribution in [0.5, 0.6) is 5.75 Å². The summed E-state index contributed by atoms with van der Waals surface area (Å²) in [6.07, 6.45) is 1.77. The van der Waals surface area contributed by atoms with E-state index in [-0.39, 0.29) is 24.2 Å². The fraction of sp³-hybridized carbons (Fsp3) is 0.478. The zero-order chi connectivity index (χ0) is 23.7. The molecule has 178 valence electrons. The van der Waals surface area contributed by atoms with E-state index in [9.17, 15) is 9.59 Å². The van der Waals surface area contributed by atoms with Gasteiger partial charge >= 0.3 is 0 Å². The van der Waals surface area contributed by atoms with Gasteiger partial charge in [0.25, 0.3) is 0 Å². The number of carbonyl (C=O) groups excluding carboxylic acids is 2. The van der Waals surface area contributed by atoms with E-state index in [0.29, 0.717) is 57.0 Å². The summed E-state index contributed by atoms with van der Waals surface area (Å²) >= 11 is 0. The molecule has 2 amide bonds. The molecular formula is C23H28N8O3. The minimum absolute atomic E-state index is 0.0245. The molecule has 3 aromatic rings. The molecule has 5 rings (SSSR count). The van der Waals surface area contributed by atoms with Gasteiger partial charge in [-0.3, -0.25) is 9.59 Å². The van der Waals surface area contributed by atoms with Crippen LogP contribution in [0.1, 0.15) is 20.3 Å². The van der Waals surface area contributed by atoms with Gasteiger partial charge in [-0.05, 0) is 38.1 Å². The number of nitrogens with zero attached hydrogens (tertiary/aromatic N) is 8. The number of anilines is 2. The van der Waals surface area contributed by atoms with Crippen LogP contribution in [0.25, 0.3) is 11.2 Å². The third kappa shape index (κ3) is 4.02. The fourth-order valence-corrected chi connectivity index (χ4v) is 4.63. The maximum atomic E-state index is 13.2. The molecule has 2 fully saturated rings. The maximum Gasteiger partial charge on any atom is 0.228 e. The number of amides is 2. The van der Waals surface area contributed by atoms with Crippen molar-refractivity contribution < 1.29 is 14.3 Å². The molecule has 0 N–H and O–H groups in total. The number of hydrogen-bond donors (Lipinski definition) is 0. The maximum absolute atomic E-state index is 13.2. The molecule has 34 heavy (non-hydrogen) atoms. The number of ether oxygens (including phenoxy) is 1. The van der Waals surface area contributed by atoms with Crippen molar-refractivity contribution in [1.29, 1.82) is 0 Å². The highest BCUT2D eigenvalue weighted by atomic mass is 16.5. The molecule has 2 aromatic heterocycles. The Labute approximate surface area is 197 Å². The molecule has 2 saturated heterocycles. The molecule has 0 spiro atoms. The summed E-state index contributed by atoms with van der Waals surface area (Å²) in [6, 6.07) is 7.44. The minimum Gasteiger partial charge on any atom is -0.494 e. The Morgan fingerprint density at radius 3 is 2.56 bits per heavy atom. The average molecular weight is 465 g/mol. The topological polar surface area (TPSA) is 110 Å². The smallest absolute Gasteiger partial charge is 0.228 e. The molecule has 0 bridgehead atoms. The van der Waals surface area contributed by atoms with E-state index in [1.165, 1.54) is 6.33 Å². The predicted octanol–water partition coefficient (Wildman–Crippen LogP) is 1.34.